The number of rotatable bonds is 3. The first kappa shape index (κ1) is 15.9. The molecule has 0 unspecified atom stereocenters. The highest BCUT2D eigenvalue weighted by atomic mass is 16.5. The fraction of sp³-hybridized carbons (Fsp3) is 0.588. The smallest absolute Gasteiger partial charge is 0.143 e. The van der Waals surface area contributed by atoms with Crippen LogP contribution in [-0.2, 0) is 0 Å². The molecule has 0 radical (unpaired) electrons. The van der Waals surface area contributed by atoms with Crippen molar-refractivity contribution in [2.75, 3.05) is 38.1 Å². The molecule has 0 spiro atoms. The minimum Gasteiger partial charge on any atom is -0.361 e. The highest BCUT2D eigenvalue weighted by Gasteiger charge is 2.21. The van der Waals surface area contributed by atoms with E-state index in [1.54, 1.807) is 0 Å². The van der Waals surface area contributed by atoms with Gasteiger partial charge in [0.25, 0.3) is 0 Å². The van der Waals surface area contributed by atoms with Crippen LogP contribution in [0.15, 0.2) is 10.6 Å². The molecule has 23 heavy (non-hydrogen) atoms. The lowest BCUT2D eigenvalue weighted by atomic mass is 10.1. The van der Waals surface area contributed by atoms with Crippen LogP contribution >= 0.6 is 0 Å². The van der Waals surface area contributed by atoms with Crippen molar-refractivity contribution in [3.05, 3.63) is 23.3 Å². The lowest BCUT2D eigenvalue weighted by molar-refractivity contribution is 0.312. The summed E-state index contributed by atoms with van der Waals surface area (Å²) in [5.74, 6) is 2.96. The van der Waals surface area contributed by atoms with E-state index in [0.29, 0.717) is 0 Å². The zero-order chi connectivity index (χ0) is 16.6. The summed E-state index contributed by atoms with van der Waals surface area (Å²) in [6.45, 7) is 12.2. The van der Waals surface area contributed by atoms with Crippen molar-refractivity contribution in [2.45, 2.75) is 33.6 Å². The van der Waals surface area contributed by atoms with Crippen molar-refractivity contribution in [3.63, 3.8) is 0 Å². The van der Waals surface area contributed by atoms with Gasteiger partial charge in [0.05, 0.1) is 17.0 Å². The molecule has 0 amide bonds. The fourth-order valence-corrected chi connectivity index (χ4v) is 2.89. The summed E-state index contributed by atoms with van der Waals surface area (Å²) in [7, 11) is 2.16. The molecule has 1 fully saturated rings. The number of likely N-dealkylation sites (N-methyl/N-ethyl adjacent to an activating group) is 1. The molecule has 3 heterocycles. The molecule has 0 saturated carbocycles. The van der Waals surface area contributed by atoms with Crippen molar-refractivity contribution in [2.24, 2.45) is 0 Å². The SMILES string of the molecule is Cc1noc(C)c1-c1cc(N2CCN(C)CC2)nc(C(C)C)n1. The quantitative estimate of drug-likeness (QED) is 0.868. The Balaban J connectivity index is 2.03. The number of aromatic nitrogens is 3. The van der Waals surface area contributed by atoms with Gasteiger partial charge in [-0.05, 0) is 20.9 Å². The summed E-state index contributed by atoms with van der Waals surface area (Å²) in [6.07, 6.45) is 0. The van der Waals surface area contributed by atoms with Crippen LogP contribution in [0.1, 0.15) is 37.0 Å². The van der Waals surface area contributed by atoms with E-state index in [4.69, 9.17) is 14.5 Å². The molecular weight excluding hydrogens is 290 g/mol. The molecule has 0 atom stereocenters. The number of hydrogen-bond acceptors (Lipinski definition) is 6. The summed E-state index contributed by atoms with van der Waals surface area (Å²) >= 11 is 0. The zero-order valence-corrected chi connectivity index (χ0v) is 14.6. The Bertz CT molecular complexity index is 667. The number of piperazine rings is 1. The van der Waals surface area contributed by atoms with Gasteiger partial charge in [-0.1, -0.05) is 19.0 Å². The molecule has 0 bridgehead atoms. The van der Waals surface area contributed by atoms with Crippen molar-refractivity contribution in [1.82, 2.24) is 20.0 Å². The van der Waals surface area contributed by atoms with E-state index in [1.165, 1.54) is 0 Å². The Morgan fingerprint density at radius 1 is 1.09 bits per heavy atom. The topological polar surface area (TPSA) is 58.3 Å². The molecule has 1 aliphatic rings. The maximum Gasteiger partial charge on any atom is 0.143 e. The van der Waals surface area contributed by atoms with Gasteiger partial charge in [0.15, 0.2) is 0 Å². The number of anilines is 1. The van der Waals surface area contributed by atoms with Crippen LogP contribution in [0.3, 0.4) is 0 Å². The third-order valence-electron chi connectivity index (χ3n) is 4.36. The molecule has 0 N–H and O–H groups in total. The van der Waals surface area contributed by atoms with Gasteiger partial charge in [-0.3, -0.25) is 0 Å². The van der Waals surface area contributed by atoms with Gasteiger partial charge in [-0.15, -0.1) is 0 Å². The molecule has 6 nitrogen and oxygen atoms in total. The summed E-state index contributed by atoms with van der Waals surface area (Å²) in [4.78, 5) is 14.2. The second-order valence-corrected chi connectivity index (χ2v) is 6.61. The van der Waals surface area contributed by atoms with Crippen LogP contribution in [-0.4, -0.2) is 53.3 Å². The minimum atomic E-state index is 0.279. The van der Waals surface area contributed by atoms with Gasteiger partial charge < -0.3 is 14.3 Å². The van der Waals surface area contributed by atoms with Gasteiger partial charge in [-0.2, -0.15) is 0 Å². The summed E-state index contributed by atoms with van der Waals surface area (Å²) in [6, 6.07) is 2.07. The van der Waals surface area contributed by atoms with Crippen LogP contribution in [0.4, 0.5) is 5.82 Å². The van der Waals surface area contributed by atoms with Gasteiger partial charge in [0, 0.05) is 38.2 Å². The Labute approximate surface area is 137 Å². The highest BCUT2D eigenvalue weighted by Crippen LogP contribution is 2.29. The molecule has 0 aromatic carbocycles. The predicted octanol–water partition coefficient (Wildman–Crippen LogP) is 2.62. The normalized spacial score (nSPS) is 16.3. The van der Waals surface area contributed by atoms with Crippen molar-refractivity contribution in [3.8, 4) is 11.3 Å². The Hall–Kier alpha value is -1.95. The summed E-state index contributed by atoms with van der Waals surface area (Å²) in [5.41, 5.74) is 2.78. The first-order valence-electron chi connectivity index (χ1n) is 8.21. The first-order valence-corrected chi connectivity index (χ1v) is 8.21. The van der Waals surface area contributed by atoms with E-state index in [0.717, 1.165) is 60.5 Å². The largest absolute Gasteiger partial charge is 0.361 e. The van der Waals surface area contributed by atoms with Crippen molar-refractivity contribution >= 4 is 5.82 Å². The summed E-state index contributed by atoms with van der Waals surface area (Å²) < 4.78 is 5.32. The molecule has 0 aliphatic carbocycles. The van der Waals surface area contributed by atoms with E-state index in [1.807, 2.05) is 13.8 Å². The van der Waals surface area contributed by atoms with E-state index in [9.17, 15) is 0 Å². The lowest BCUT2D eigenvalue weighted by Gasteiger charge is -2.33. The average molecular weight is 315 g/mol. The Morgan fingerprint density at radius 3 is 2.35 bits per heavy atom. The van der Waals surface area contributed by atoms with Crippen LogP contribution < -0.4 is 4.90 Å². The van der Waals surface area contributed by atoms with Crippen LogP contribution in [0.2, 0.25) is 0 Å². The number of hydrogen-bond donors (Lipinski definition) is 0. The second-order valence-electron chi connectivity index (χ2n) is 6.61. The van der Waals surface area contributed by atoms with Gasteiger partial charge in [0.2, 0.25) is 0 Å². The van der Waals surface area contributed by atoms with Crippen LogP contribution in [0.5, 0.6) is 0 Å². The Morgan fingerprint density at radius 2 is 1.78 bits per heavy atom. The van der Waals surface area contributed by atoms with Crippen molar-refractivity contribution in [1.29, 1.82) is 0 Å². The van der Waals surface area contributed by atoms with E-state index < -0.39 is 0 Å². The minimum absolute atomic E-state index is 0.279. The summed E-state index contributed by atoms with van der Waals surface area (Å²) in [5, 5.41) is 4.06. The van der Waals surface area contributed by atoms with Gasteiger partial charge in [-0.25, -0.2) is 9.97 Å². The second kappa shape index (κ2) is 6.28. The monoisotopic (exact) mass is 315 g/mol. The van der Waals surface area contributed by atoms with Crippen LogP contribution in [0.25, 0.3) is 11.3 Å². The Kier molecular flexibility index (Phi) is 4.35. The lowest BCUT2D eigenvalue weighted by Crippen LogP contribution is -2.45. The molecule has 124 valence electrons. The van der Waals surface area contributed by atoms with E-state index in [-0.39, 0.29) is 5.92 Å². The van der Waals surface area contributed by atoms with Crippen LogP contribution in [0, 0.1) is 13.8 Å². The van der Waals surface area contributed by atoms with E-state index in [2.05, 4.69) is 41.9 Å². The molecule has 6 heteroatoms. The molecule has 2 aromatic heterocycles. The van der Waals surface area contributed by atoms with E-state index >= 15 is 0 Å². The zero-order valence-electron chi connectivity index (χ0n) is 14.6. The average Bonchev–Trinajstić information content (AvgIpc) is 2.86. The third-order valence-corrected chi connectivity index (χ3v) is 4.36. The fourth-order valence-electron chi connectivity index (χ4n) is 2.89. The van der Waals surface area contributed by atoms with Gasteiger partial charge in [0.1, 0.15) is 17.4 Å². The molecule has 3 rings (SSSR count). The first-order chi connectivity index (χ1) is 11.0. The molecular formula is C17H25N5O. The molecule has 1 aliphatic heterocycles. The number of nitrogens with zero attached hydrogens (tertiary/aromatic N) is 5. The molecule has 2 aromatic rings. The van der Waals surface area contributed by atoms with Crippen molar-refractivity contribution < 1.29 is 4.52 Å². The van der Waals surface area contributed by atoms with Gasteiger partial charge >= 0.3 is 0 Å². The number of aryl methyl sites for hydroxylation is 2. The standard InChI is InChI=1S/C17H25N5O/c1-11(2)17-18-14(16-12(3)20-23-13(16)4)10-15(19-17)22-8-6-21(5)7-9-22/h10-11H,6-9H2,1-5H3. The third kappa shape index (κ3) is 3.22. The highest BCUT2D eigenvalue weighted by molar-refractivity contribution is 5.66. The maximum absolute atomic E-state index is 5.32. The molecule has 1 saturated heterocycles. The maximum atomic E-state index is 5.32. The predicted molar refractivity (Wildman–Crippen MR) is 90.8 cm³/mol.